The van der Waals surface area contributed by atoms with Crippen LogP contribution in [-0.4, -0.2) is 4.57 Å². The number of benzene rings is 10. The molecule has 0 unspecified atom stereocenters. The third-order valence-electron chi connectivity index (χ3n) is 12.2. The molecule has 10 aromatic carbocycles. The summed E-state index contributed by atoms with van der Waals surface area (Å²) in [7, 11) is 0. The molecule has 0 saturated heterocycles. The fourth-order valence-corrected chi connectivity index (χ4v) is 9.28. The molecular weight excluding hydrogens is 741 g/mol. The van der Waals surface area contributed by atoms with Crippen LogP contribution >= 0.6 is 0 Å². The lowest BCUT2D eigenvalue weighted by molar-refractivity contribution is 0.672. The molecule has 0 radical (unpaired) electrons. The number of anilines is 3. The molecule has 61 heavy (non-hydrogen) atoms. The summed E-state index contributed by atoms with van der Waals surface area (Å²) in [5.41, 5.74) is 15.6. The second-order valence-corrected chi connectivity index (χ2v) is 15.7. The second-order valence-electron chi connectivity index (χ2n) is 15.7. The van der Waals surface area contributed by atoms with E-state index in [-0.39, 0.29) is 0 Å². The number of furan rings is 1. The van der Waals surface area contributed by atoms with Gasteiger partial charge in [0.05, 0.1) is 16.7 Å². The molecule has 3 heteroatoms. The van der Waals surface area contributed by atoms with Crippen molar-refractivity contribution in [3.63, 3.8) is 0 Å². The quantitative estimate of drug-likeness (QED) is 0.161. The van der Waals surface area contributed by atoms with Crippen LogP contribution < -0.4 is 4.90 Å². The van der Waals surface area contributed by atoms with Gasteiger partial charge < -0.3 is 13.9 Å². The third-order valence-corrected chi connectivity index (χ3v) is 12.2. The van der Waals surface area contributed by atoms with Crippen molar-refractivity contribution in [3.05, 3.63) is 231 Å². The average molecular weight is 779 g/mol. The largest absolute Gasteiger partial charge is 0.455 e. The van der Waals surface area contributed by atoms with Crippen LogP contribution in [0.5, 0.6) is 0 Å². The summed E-state index contributed by atoms with van der Waals surface area (Å²) in [6.45, 7) is 0. The Morgan fingerprint density at radius 2 is 0.902 bits per heavy atom. The van der Waals surface area contributed by atoms with Gasteiger partial charge in [0, 0.05) is 49.6 Å². The Morgan fingerprint density at radius 1 is 0.344 bits per heavy atom. The maximum Gasteiger partial charge on any atom is 0.143 e. The van der Waals surface area contributed by atoms with E-state index >= 15 is 0 Å². The number of nitrogens with zero attached hydrogens (tertiary/aromatic N) is 2. The fraction of sp³-hybridized carbons (Fsp3) is 0. The van der Waals surface area contributed by atoms with Crippen LogP contribution in [0.1, 0.15) is 0 Å². The van der Waals surface area contributed by atoms with Crippen LogP contribution in [0.2, 0.25) is 0 Å². The Bertz CT molecular complexity index is 3520. The second kappa shape index (κ2) is 14.3. The van der Waals surface area contributed by atoms with Crippen molar-refractivity contribution in [3.8, 4) is 39.1 Å². The van der Waals surface area contributed by atoms with Crippen molar-refractivity contribution in [2.45, 2.75) is 0 Å². The zero-order valence-corrected chi connectivity index (χ0v) is 33.2. The van der Waals surface area contributed by atoms with E-state index < -0.39 is 0 Å². The molecule has 2 aromatic heterocycles. The molecule has 2 heterocycles. The number of rotatable bonds is 7. The van der Waals surface area contributed by atoms with Crippen LogP contribution in [0.4, 0.5) is 17.1 Å². The normalized spacial score (nSPS) is 11.6. The number of hydrogen-bond acceptors (Lipinski definition) is 2. The Kier molecular flexibility index (Phi) is 8.17. The predicted molar refractivity (Wildman–Crippen MR) is 257 cm³/mol. The summed E-state index contributed by atoms with van der Waals surface area (Å²) in [5.74, 6) is 0. The molecule has 0 fully saturated rings. The Balaban J connectivity index is 0.963. The predicted octanol–water partition coefficient (Wildman–Crippen LogP) is 16.3. The first-order valence-electron chi connectivity index (χ1n) is 20.8. The summed E-state index contributed by atoms with van der Waals surface area (Å²) in [6.07, 6.45) is 0. The minimum absolute atomic E-state index is 0.912. The highest BCUT2D eigenvalue weighted by Gasteiger charge is 2.19. The molecule has 0 atom stereocenters. The summed E-state index contributed by atoms with van der Waals surface area (Å²) in [4.78, 5) is 2.38. The van der Waals surface area contributed by atoms with Gasteiger partial charge in [0.25, 0.3) is 0 Å². The van der Waals surface area contributed by atoms with Crippen molar-refractivity contribution in [2.24, 2.45) is 0 Å². The Hall–Kier alpha value is -8.14. The van der Waals surface area contributed by atoms with Crippen LogP contribution in [0, 0.1) is 0 Å². The lowest BCUT2D eigenvalue weighted by atomic mass is 9.97. The minimum Gasteiger partial charge on any atom is -0.455 e. The van der Waals surface area contributed by atoms with Crippen molar-refractivity contribution in [1.82, 2.24) is 4.57 Å². The smallest absolute Gasteiger partial charge is 0.143 e. The van der Waals surface area contributed by atoms with Crippen LogP contribution in [0.15, 0.2) is 235 Å². The molecule has 0 spiro atoms. The molecule has 286 valence electrons. The first-order valence-corrected chi connectivity index (χ1v) is 20.8. The van der Waals surface area contributed by atoms with E-state index in [1.54, 1.807) is 0 Å². The fourth-order valence-electron chi connectivity index (χ4n) is 9.28. The maximum absolute atomic E-state index is 6.42. The van der Waals surface area contributed by atoms with Gasteiger partial charge in [0.15, 0.2) is 0 Å². The molecule has 3 nitrogen and oxygen atoms in total. The summed E-state index contributed by atoms with van der Waals surface area (Å²) in [5, 5.41) is 7.06. The van der Waals surface area contributed by atoms with E-state index in [0.29, 0.717) is 0 Å². The van der Waals surface area contributed by atoms with Gasteiger partial charge >= 0.3 is 0 Å². The number of para-hydroxylation sites is 4. The van der Waals surface area contributed by atoms with Gasteiger partial charge in [-0.25, -0.2) is 0 Å². The van der Waals surface area contributed by atoms with E-state index in [1.165, 1.54) is 38.5 Å². The van der Waals surface area contributed by atoms with Crippen molar-refractivity contribution < 1.29 is 4.42 Å². The lowest BCUT2D eigenvalue weighted by Crippen LogP contribution is -2.11. The number of aromatic nitrogens is 1. The number of fused-ring (bicyclic) bond motifs is 8. The summed E-state index contributed by atoms with van der Waals surface area (Å²) in [6, 6.07) is 82.9. The zero-order chi connectivity index (χ0) is 40.3. The van der Waals surface area contributed by atoms with Crippen LogP contribution in [0.25, 0.3) is 93.6 Å². The van der Waals surface area contributed by atoms with Crippen molar-refractivity contribution in [2.75, 3.05) is 4.90 Å². The highest BCUT2D eigenvalue weighted by atomic mass is 16.3. The van der Waals surface area contributed by atoms with E-state index in [1.807, 2.05) is 12.1 Å². The molecule has 0 N–H and O–H groups in total. The molecule has 0 aliphatic carbocycles. The summed E-state index contributed by atoms with van der Waals surface area (Å²) < 4.78 is 8.80. The first-order chi connectivity index (χ1) is 30.2. The van der Waals surface area contributed by atoms with E-state index in [4.69, 9.17) is 4.42 Å². The van der Waals surface area contributed by atoms with Gasteiger partial charge in [-0.05, 0) is 112 Å². The van der Waals surface area contributed by atoms with Crippen molar-refractivity contribution >= 4 is 71.6 Å². The first kappa shape index (κ1) is 34.9. The van der Waals surface area contributed by atoms with Crippen LogP contribution in [0.3, 0.4) is 0 Å². The molecule has 12 aromatic rings. The van der Waals surface area contributed by atoms with Gasteiger partial charge in [-0.3, -0.25) is 0 Å². The third kappa shape index (κ3) is 5.90. The standard InChI is InChI=1S/C58H38N2O/c1-2-13-39(14-3-1)40-25-31-45(32-26-40)59(54-21-8-4-17-48(54)43-29-35-49-44(37-43)30-36-53-52-20-7-11-24-57(52)61-58(49)53)46-33-27-41(28-34-46)42-15-12-16-47(38-42)60-55-22-9-5-18-50(55)51-19-6-10-23-56(51)60/h1-38H. The molecule has 0 aliphatic heterocycles. The van der Waals surface area contributed by atoms with Crippen LogP contribution in [-0.2, 0) is 0 Å². The Morgan fingerprint density at radius 3 is 1.64 bits per heavy atom. The van der Waals surface area contributed by atoms with Gasteiger partial charge in [-0.1, -0.05) is 152 Å². The van der Waals surface area contributed by atoms with Crippen molar-refractivity contribution in [1.29, 1.82) is 0 Å². The SMILES string of the molecule is c1ccc(-c2ccc(N(c3ccc(-c4cccc(-n5c6ccccc6c6ccccc65)c4)cc3)c3ccccc3-c3ccc4c(ccc5c6ccccc6oc45)c3)cc2)cc1. The molecule has 0 amide bonds. The summed E-state index contributed by atoms with van der Waals surface area (Å²) >= 11 is 0. The highest BCUT2D eigenvalue weighted by Crippen LogP contribution is 2.44. The van der Waals surface area contributed by atoms with E-state index in [9.17, 15) is 0 Å². The zero-order valence-electron chi connectivity index (χ0n) is 33.2. The lowest BCUT2D eigenvalue weighted by Gasteiger charge is -2.28. The van der Waals surface area contributed by atoms with Gasteiger partial charge in [0.2, 0.25) is 0 Å². The minimum atomic E-state index is 0.912. The molecule has 0 bridgehead atoms. The Labute approximate surface area is 353 Å². The van der Waals surface area contributed by atoms with E-state index in [0.717, 1.165) is 72.2 Å². The average Bonchev–Trinajstić information content (AvgIpc) is 3.89. The highest BCUT2D eigenvalue weighted by molar-refractivity contribution is 6.15. The maximum atomic E-state index is 6.42. The number of hydrogen-bond donors (Lipinski definition) is 0. The molecule has 12 rings (SSSR count). The molecule has 0 aliphatic rings. The monoisotopic (exact) mass is 778 g/mol. The van der Waals surface area contributed by atoms with Gasteiger partial charge in [0.1, 0.15) is 11.2 Å². The van der Waals surface area contributed by atoms with E-state index in [2.05, 4.69) is 228 Å². The van der Waals surface area contributed by atoms with Gasteiger partial charge in [-0.2, -0.15) is 0 Å². The topological polar surface area (TPSA) is 21.3 Å². The molecule has 0 saturated carbocycles. The van der Waals surface area contributed by atoms with Gasteiger partial charge in [-0.15, -0.1) is 0 Å². The molecular formula is C58H38N2O.